The fraction of sp³-hybridized carbons (Fsp3) is 0.158. The third-order valence-electron chi connectivity index (χ3n) is 4.52. The summed E-state index contributed by atoms with van der Waals surface area (Å²) in [7, 11) is 2.66. The number of ketones is 1. The van der Waals surface area contributed by atoms with Crippen molar-refractivity contribution in [3.63, 3.8) is 0 Å². The predicted molar refractivity (Wildman–Crippen MR) is 96.1 cm³/mol. The van der Waals surface area contributed by atoms with Crippen molar-refractivity contribution >= 4 is 23.1 Å². The minimum absolute atomic E-state index is 0.00309. The van der Waals surface area contributed by atoms with Gasteiger partial charge < -0.3 is 14.7 Å². The average molecular weight is 386 g/mol. The van der Waals surface area contributed by atoms with Crippen molar-refractivity contribution in [1.29, 1.82) is 0 Å². The normalized spacial score (nSPS) is 18.4. The number of aliphatic hydroxyl groups is 1. The minimum atomic E-state index is -0.967. The van der Waals surface area contributed by atoms with Crippen molar-refractivity contribution in [2.24, 2.45) is 0 Å². The Bertz CT molecular complexity index is 1020. The number of halogens is 1. The summed E-state index contributed by atoms with van der Waals surface area (Å²) in [5, 5.41) is 21.5. The molecule has 1 aliphatic rings. The number of likely N-dealkylation sites (N-methyl/N-ethyl adjacent to an activating group) is 1. The number of rotatable bonds is 4. The molecule has 9 heteroatoms. The monoisotopic (exact) mass is 386 g/mol. The first kappa shape index (κ1) is 19.0. The van der Waals surface area contributed by atoms with Crippen LogP contribution in [0.5, 0.6) is 5.75 Å². The van der Waals surface area contributed by atoms with E-state index in [0.29, 0.717) is 5.56 Å². The maximum absolute atomic E-state index is 14.0. The van der Waals surface area contributed by atoms with Crippen LogP contribution in [0.1, 0.15) is 17.2 Å². The second-order valence-corrected chi connectivity index (χ2v) is 6.11. The van der Waals surface area contributed by atoms with E-state index < -0.39 is 34.2 Å². The molecule has 8 nitrogen and oxygen atoms in total. The van der Waals surface area contributed by atoms with E-state index in [2.05, 4.69) is 0 Å². The molecule has 1 amide bonds. The summed E-state index contributed by atoms with van der Waals surface area (Å²) >= 11 is 0. The van der Waals surface area contributed by atoms with Gasteiger partial charge in [-0.25, -0.2) is 4.39 Å². The molecule has 1 heterocycles. The van der Waals surface area contributed by atoms with E-state index in [4.69, 9.17) is 4.74 Å². The lowest BCUT2D eigenvalue weighted by molar-refractivity contribution is -0.384. The van der Waals surface area contributed by atoms with Crippen LogP contribution in [0, 0.1) is 15.9 Å². The molecule has 0 radical (unpaired) electrons. The van der Waals surface area contributed by atoms with Crippen LogP contribution >= 0.6 is 0 Å². The van der Waals surface area contributed by atoms with E-state index >= 15 is 0 Å². The standard InChI is InChI=1S/C19H15FN2O6/c1-21-16(10-3-6-12(7-4-10)22(26)27)15(18(24)19(21)25)17(23)11-5-8-14(28-2)13(20)9-11/h3-9,16,23H,1-2H3/b17-15+. The number of likely N-dealkylation sites (tertiary alicyclic amines) is 1. The maximum atomic E-state index is 14.0. The van der Waals surface area contributed by atoms with Crippen LogP contribution < -0.4 is 4.74 Å². The third-order valence-corrected chi connectivity index (χ3v) is 4.52. The molecule has 0 saturated carbocycles. The first-order valence-corrected chi connectivity index (χ1v) is 8.09. The van der Waals surface area contributed by atoms with Gasteiger partial charge >= 0.3 is 0 Å². The number of methoxy groups -OCH3 is 1. The van der Waals surface area contributed by atoms with Crippen LogP contribution in [0.15, 0.2) is 48.0 Å². The lowest BCUT2D eigenvalue weighted by Gasteiger charge is -2.21. The molecule has 1 N–H and O–H groups in total. The molecule has 1 fully saturated rings. The van der Waals surface area contributed by atoms with Gasteiger partial charge in [-0.2, -0.15) is 0 Å². The highest BCUT2D eigenvalue weighted by atomic mass is 19.1. The molecule has 2 aromatic rings. The fourth-order valence-corrected chi connectivity index (χ4v) is 3.09. The Kier molecular flexibility index (Phi) is 4.83. The van der Waals surface area contributed by atoms with Gasteiger partial charge in [0.2, 0.25) is 0 Å². The molecule has 1 unspecified atom stereocenters. The molecule has 28 heavy (non-hydrogen) atoms. The van der Waals surface area contributed by atoms with Crippen molar-refractivity contribution in [2.75, 3.05) is 14.2 Å². The molecular weight excluding hydrogens is 371 g/mol. The topological polar surface area (TPSA) is 110 Å². The zero-order valence-corrected chi connectivity index (χ0v) is 14.9. The SMILES string of the molecule is COc1ccc(/C(O)=C2\C(=O)C(=O)N(C)C2c2ccc([N+](=O)[O-])cc2)cc1F. The number of carbonyl (C=O) groups is 2. The van der Waals surface area contributed by atoms with Crippen molar-refractivity contribution in [3.05, 3.63) is 75.1 Å². The van der Waals surface area contributed by atoms with Gasteiger partial charge in [-0.3, -0.25) is 19.7 Å². The van der Waals surface area contributed by atoms with E-state index in [1.165, 1.54) is 50.6 Å². The summed E-state index contributed by atoms with van der Waals surface area (Å²) in [4.78, 5) is 36.0. The predicted octanol–water partition coefficient (Wildman–Crippen LogP) is 2.79. The highest BCUT2D eigenvalue weighted by Crippen LogP contribution is 2.39. The molecule has 144 valence electrons. The summed E-state index contributed by atoms with van der Waals surface area (Å²) in [6, 6.07) is 7.92. The van der Waals surface area contributed by atoms with E-state index in [-0.39, 0.29) is 22.6 Å². The first-order chi connectivity index (χ1) is 13.3. The van der Waals surface area contributed by atoms with Gasteiger partial charge in [0.25, 0.3) is 17.4 Å². The Morgan fingerprint density at radius 3 is 2.39 bits per heavy atom. The Morgan fingerprint density at radius 1 is 1.21 bits per heavy atom. The first-order valence-electron chi connectivity index (χ1n) is 8.09. The number of hydrogen-bond acceptors (Lipinski definition) is 6. The fourth-order valence-electron chi connectivity index (χ4n) is 3.09. The lowest BCUT2D eigenvalue weighted by atomic mass is 9.95. The zero-order chi connectivity index (χ0) is 20.6. The van der Waals surface area contributed by atoms with E-state index in [9.17, 15) is 29.2 Å². The van der Waals surface area contributed by atoms with Crippen molar-refractivity contribution < 1.29 is 28.7 Å². The molecule has 0 bridgehead atoms. The number of nitro groups is 1. The Hall–Kier alpha value is -3.75. The summed E-state index contributed by atoms with van der Waals surface area (Å²) in [6.07, 6.45) is 0. The molecule has 0 aromatic heterocycles. The number of carbonyl (C=O) groups excluding carboxylic acids is 2. The summed E-state index contributed by atoms with van der Waals surface area (Å²) < 4.78 is 18.8. The number of hydrogen-bond donors (Lipinski definition) is 1. The van der Waals surface area contributed by atoms with Crippen LogP contribution in [0.3, 0.4) is 0 Å². The maximum Gasteiger partial charge on any atom is 0.295 e. The third kappa shape index (κ3) is 3.07. The highest BCUT2D eigenvalue weighted by Gasteiger charge is 2.44. The quantitative estimate of drug-likeness (QED) is 0.284. The number of non-ortho nitro benzene ring substituents is 1. The molecule has 2 aromatic carbocycles. The summed E-state index contributed by atoms with van der Waals surface area (Å²) in [5.41, 5.74) is -0.000514. The number of benzene rings is 2. The van der Waals surface area contributed by atoms with Gasteiger partial charge in [0.15, 0.2) is 11.6 Å². The Morgan fingerprint density at radius 2 is 1.86 bits per heavy atom. The molecule has 0 spiro atoms. The van der Waals surface area contributed by atoms with Crippen LogP contribution in [0.25, 0.3) is 5.76 Å². The molecule has 1 saturated heterocycles. The van der Waals surface area contributed by atoms with E-state index in [1.807, 2.05) is 0 Å². The highest BCUT2D eigenvalue weighted by molar-refractivity contribution is 6.46. The average Bonchev–Trinajstić information content (AvgIpc) is 2.91. The number of nitro benzene ring substituents is 1. The number of amides is 1. The number of ether oxygens (including phenoxy) is 1. The van der Waals surface area contributed by atoms with E-state index in [0.717, 1.165) is 11.0 Å². The Labute approximate surface area is 158 Å². The second-order valence-electron chi connectivity index (χ2n) is 6.11. The second kappa shape index (κ2) is 7.10. The van der Waals surface area contributed by atoms with Gasteiger partial charge in [0.05, 0.1) is 23.6 Å². The number of aliphatic hydroxyl groups excluding tert-OH is 1. The van der Waals surface area contributed by atoms with Gasteiger partial charge in [-0.1, -0.05) is 0 Å². The summed E-state index contributed by atoms with van der Waals surface area (Å²) in [5.74, 6) is -3.12. The molecule has 1 atom stereocenters. The largest absolute Gasteiger partial charge is 0.507 e. The van der Waals surface area contributed by atoms with Crippen molar-refractivity contribution in [3.8, 4) is 5.75 Å². The van der Waals surface area contributed by atoms with Crippen LogP contribution in [-0.4, -0.2) is 40.8 Å². The summed E-state index contributed by atoms with van der Waals surface area (Å²) in [6.45, 7) is 0. The smallest absolute Gasteiger partial charge is 0.295 e. The Balaban J connectivity index is 2.13. The van der Waals surface area contributed by atoms with Crippen molar-refractivity contribution in [2.45, 2.75) is 6.04 Å². The van der Waals surface area contributed by atoms with E-state index in [1.54, 1.807) is 0 Å². The molecule has 3 rings (SSSR count). The van der Waals surface area contributed by atoms with Crippen LogP contribution in [-0.2, 0) is 9.59 Å². The van der Waals surface area contributed by atoms with Crippen molar-refractivity contribution in [1.82, 2.24) is 4.90 Å². The molecule has 1 aliphatic heterocycles. The van der Waals surface area contributed by atoms with Crippen LogP contribution in [0.2, 0.25) is 0 Å². The van der Waals surface area contributed by atoms with Gasteiger partial charge in [0, 0.05) is 24.7 Å². The van der Waals surface area contributed by atoms with Gasteiger partial charge in [-0.15, -0.1) is 0 Å². The lowest BCUT2D eigenvalue weighted by Crippen LogP contribution is -2.24. The zero-order valence-electron chi connectivity index (χ0n) is 14.9. The number of Topliss-reactive ketones (excluding diaryl/α,β-unsaturated/α-hetero) is 1. The van der Waals surface area contributed by atoms with Gasteiger partial charge in [-0.05, 0) is 35.9 Å². The van der Waals surface area contributed by atoms with Crippen LogP contribution in [0.4, 0.5) is 10.1 Å². The number of nitrogens with zero attached hydrogens (tertiary/aromatic N) is 2. The molecular formula is C19H15FN2O6. The van der Waals surface area contributed by atoms with Gasteiger partial charge in [0.1, 0.15) is 5.76 Å². The molecule has 0 aliphatic carbocycles. The minimum Gasteiger partial charge on any atom is -0.507 e.